The summed E-state index contributed by atoms with van der Waals surface area (Å²) in [6, 6.07) is 21.2. The maximum absolute atomic E-state index is 2.24. The molecule has 15 heavy (non-hydrogen) atoms. The summed E-state index contributed by atoms with van der Waals surface area (Å²) in [6.07, 6.45) is 0. The first-order valence-electron chi connectivity index (χ1n) is 4.98. The van der Waals surface area contributed by atoms with E-state index in [0.717, 1.165) is 0 Å². The van der Waals surface area contributed by atoms with Crippen molar-refractivity contribution in [2.45, 2.75) is 12.8 Å². The molecule has 0 saturated carbocycles. The third-order valence-corrected chi connectivity index (χ3v) is 2.60. The Morgan fingerprint density at radius 2 is 1.00 bits per heavy atom. The molecule has 0 saturated heterocycles. The monoisotopic (exact) mass is 189 g/mol. The van der Waals surface area contributed by atoms with Crippen LogP contribution in [0.25, 0.3) is 0 Å². The summed E-state index contributed by atoms with van der Waals surface area (Å²) in [5.74, 6) is 0.484. The van der Waals surface area contributed by atoms with Crippen molar-refractivity contribution in [3.05, 3.63) is 71.8 Å². The van der Waals surface area contributed by atoms with E-state index in [4.69, 9.17) is 0 Å². The molecule has 0 unspecified atom stereocenters. The topological polar surface area (TPSA) is 0 Å². The van der Waals surface area contributed by atoms with E-state index in [0.29, 0.717) is 5.92 Å². The Morgan fingerprint density at radius 1 is 0.667 bits per heavy atom. The molecule has 0 aliphatic carbocycles. The van der Waals surface area contributed by atoms with Crippen LogP contribution in [0.3, 0.4) is 0 Å². The van der Waals surface area contributed by atoms with Crippen molar-refractivity contribution in [2.24, 2.45) is 0 Å². The van der Waals surface area contributed by atoms with E-state index >= 15 is 0 Å². The van der Waals surface area contributed by atoms with E-state index in [1.54, 1.807) is 0 Å². The van der Waals surface area contributed by atoms with Gasteiger partial charge in [-0.05, 0) is 11.1 Å². The molecule has 0 amide bonds. The Morgan fingerprint density at radius 3 is 1.33 bits per heavy atom. The van der Waals surface area contributed by atoms with Gasteiger partial charge in [-0.15, -0.1) is 0 Å². The van der Waals surface area contributed by atoms with Crippen LogP contribution in [0.15, 0.2) is 60.7 Å². The second kappa shape index (κ2) is 5.81. The van der Waals surface area contributed by atoms with Gasteiger partial charge < -0.3 is 0 Å². The van der Waals surface area contributed by atoms with Crippen LogP contribution in [0.2, 0.25) is 0 Å². The molecule has 0 nitrogen and oxygen atoms in total. The van der Waals surface area contributed by atoms with Crippen LogP contribution >= 0.6 is 0 Å². The molecule has 0 aliphatic heterocycles. The third-order valence-electron chi connectivity index (χ3n) is 2.60. The van der Waals surface area contributed by atoms with Crippen molar-refractivity contribution in [1.82, 2.24) is 0 Å². The Labute approximate surface area is 104 Å². The van der Waals surface area contributed by atoms with Gasteiger partial charge >= 0.3 is 0 Å². The predicted octanol–water partition coefficient (Wildman–Crippen LogP) is 3.46. The van der Waals surface area contributed by atoms with E-state index in [-0.39, 0.29) is 18.9 Å². The molecule has 0 spiro atoms. The molecule has 2 rings (SSSR count). The van der Waals surface area contributed by atoms with E-state index in [1.807, 2.05) is 0 Å². The summed E-state index contributed by atoms with van der Waals surface area (Å²) in [5, 5.41) is 0. The van der Waals surface area contributed by atoms with Crippen LogP contribution in [0.5, 0.6) is 0 Å². The summed E-state index contributed by atoms with van der Waals surface area (Å²) < 4.78 is 0. The minimum atomic E-state index is 0. The molecule has 2 aromatic carbocycles. The first-order valence-corrected chi connectivity index (χ1v) is 4.98. The molecule has 0 aromatic heterocycles. The summed E-state index contributed by atoms with van der Waals surface area (Å²) in [7, 11) is 0. The molecule has 71 valence electrons. The molecule has 0 bridgehead atoms. The predicted molar refractivity (Wildman–Crippen MR) is 66.2 cm³/mol. The van der Waals surface area contributed by atoms with Crippen LogP contribution in [-0.4, -0.2) is 18.9 Å². The Balaban J connectivity index is 0.00000112. The van der Waals surface area contributed by atoms with Crippen LogP contribution in [0.1, 0.15) is 24.0 Å². The molecule has 0 aliphatic rings. The van der Waals surface area contributed by atoms with Crippen molar-refractivity contribution >= 4 is 18.9 Å². The minimum absolute atomic E-state index is 0. The van der Waals surface area contributed by atoms with Crippen molar-refractivity contribution in [2.75, 3.05) is 0 Å². The van der Waals surface area contributed by atoms with Crippen LogP contribution in [0.4, 0.5) is 0 Å². The third kappa shape index (κ3) is 2.99. The van der Waals surface area contributed by atoms with Crippen molar-refractivity contribution in [1.29, 1.82) is 0 Å². The maximum Gasteiger partial charge on any atom is 0.00610 e. The van der Waals surface area contributed by atoms with Crippen molar-refractivity contribution in [3.8, 4) is 0 Å². The molecular weight excluding hydrogens is 175 g/mol. The largest absolute Gasteiger partial charge is 0.0622 e. The zero-order valence-electron chi connectivity index (χ0n) is 9.35. The fraction of sp³-hybridized carbons (Fsp3) is 0.143. The number of hydrogen-bond acceptors (Lipinski definition) is 0. The van der Waals surface area contributed by atoms with E-state index in [2.05, 4.69) is 67.6 Å². The molecule has 0 fully saturated rings. The van der Waals surface area contributed by atoms with Gasteiger partial charge in [0.1, 0.15) is 0 Å². The van der Waals surface area contributed by atoms with Gasteiger partial charge in [-0.1, -0.05) is 67.6 Å². The molecular formula is C14H14Li. The Hall–Kier alpha value is -0.963. The standard InChI is InChI=1S/C14H14.Li/c1-12(13-8-4-2-5-9-13)14-10-6-3-7-11-14;/h2-12H,1H3;. The van der Waals surface area contributed by atoms with E-state index in [1.165, 1.54) is 11.1 Å². The fourth-order valence-corrected chi connectivity index (χ4v) is 1.68. The van der Waals surface area contributed by atoms with Gasteiger partial charge in [0.25, 0.3) is 0 Å². The second-order valence-electron chi connectivity index (χ2n) is 3.54. The number of hydrogen-bond donors (Lipinski definition) is 0. The summed E-state index contributed by atoms with van der Waals surface area (Å²) in [6.45, 7) is 2.24. The van der Waals surface area contributed by atoms with Gasteiger partial charge in [-0.25, -0.2) is 0 Å². The zero-order chi connectivity index (χ0) is 9.80. The average Bonchev–Trinajstić information content (AvgIpc) is 2.30. The normalized spacial score (nSPS) is 9.73. The summed E-state index contributed by atoms with van der Waals surface area (Å²) in [5.41, 5.74) is 2.75. The molecule has 0 atom stereocenters. The van der Waals surface area contributed by atoms with Gasteiger partial charge in [0, 0.05) is 24.8 Å². The Kier molecular flexibility index (Phi) is 4.69. The average molecular weight is 189 g/mol. The second-order valence-corrected chi connectivity index (χ2v) is 3.54. The van der Waals surface area contributed by atoms with E-state index < -0.39 is 0 Å². The zero-order valence-corrected chi connectivity index (χ0v) is 9.35. The summed E-state index contributed by atoms with van der Waals surface area (Å²) in [4.78, 5) is 0. The molecule has 0 heterocycles. The number of rotatable bonds is 2. The molecule has 0 N–H and O–H groups in total. The minimum Gasteiger partial charge on any atom is -0.0622 e. The van der Waals surface area contributed by atoms with Crippen LogP contribution in [-0.2, 0) is 0 Å². The smallest absolute Gasteiger partial charge is 0.00610 e. The Bertz CT molecular complexity index is 341. The fourth-order valence-electron chi connectivity index (χ4n) is 1.68. The van der Waals surface area contributed by atoms with Gasteiger partial charge in [0.05, 0.1) is 0 Å². The van der Waals surface area contributed by atoms with Crippen LogP contribution in [0, 0.1) is 0 Å². The molecule has 1 heteroatoms. The first kappa shape index (κ1) is 12.1. The first-order chi connectivity index (χ1) is 6.88. The molecule has 1 radical (unpaired) electrons. The van der Waals surface area contributed by atoms with Crippen molar-refractivity contribution < 1.29 is 0 Å². The van der Waals surface area contributed by atoms with Gasteiger partial charge in [0.2, 0.25) is 0 Å². The SMILES string of the molecule is CC(c1ccccc1)c1ccccc1.[Li]. The maximum atomic E-state index is 2.24. The molecule has 2 aromatic rings. The van der Waals surface area contributed by atoms with Gasteiger partial charge in [-0.2, -0.15) is 0 Å². The quantitative estimate of drug-likeness (QED) is 0.634. The number of benzene rings is 2. The summed E-state index contributed by atoms with van der Waals surface area (Å²) >= 11 is 0. The van der Waals surface area contributed by atoms with E-state index in [9.17, 15) is 0 Å². The van der Waals surface area contributed by atoms with Crippen LogP contribution < -0.4 is 0 Å². The van der Waals surface area contributed by atoms with Gasteiger partial charge in [-0.3, -0.25) is 0 Å². The van der Waals surface area contributed by atoms with Gasteiger partial charge in [0.15, 0.2) is 0 Å². The van der Waals surface area contributed by atoms with Crippen molar-refractivity contribution in [3.63, 3.8) is 0 Å².